The molecule has 0 aromatic carbocycles. The molecule has 104 valence electrons. The zero-order valence-electron chi connectivity index (χ0n) is 11.3. The van der Waals surface area contributed by atoms with Crippen LogP contribution in [0.2, 0.25) is 0 Å². The molecule has 2 atom stereocenters. The van der Waals surface area contributed by atoms with Crippen molar-refractivity contribution in [3.63, 3.8) is 0 Å². The van der Waals surface area contributed by atoms with Crippen molar-refractivity contribution in [3.8, 4) is 0 Å². The lowest BCUT2D eigenvalue weighted by Gasteiger charge is -2.37. The zero-order chi connectivity index (χ0) is 13.7. The van der Waals surface area contributed by atoms with Crippen LogP contribution in [0.4, 0.5) is 4.79 Å². The number of nitrogens with zero attached hydrogens (tertiary/aromatic N) is 2. The highest BCUT2D eigenvalue weighted by Gasteiger charge is 2.29. The molecule has 1 saturated heterocycles. The smallest absolute Gasteiger partial charge is 0.323 e. The first-order valence-electron chi connectivity index (χ1n) is 6.35. The van der Waals surface area contributed by atoms with E-state index in [1.165, 1.54) is 4.90 Å². The third kappa shape index (κ3) is 4.18. The van der Waals surface area contributed by atoms with Gasteiger partial charge in [-0.1, -0.05) is 6.92 Å². The van der Waals surface area contributed by atoms with E-state index in [0.29, 0.717) is 19.6 Å². The topological polar surface area (TPSA) is 70.1 Å². The monoisotopic (exact) mass is 258 g/mol. The lowest BCUT2D eigenvalue weighted by molar-refractivity contribution is -0.137. The molecule has 18 heavy (non-hydrogen) atoms. The predicted octanol–water partition coefficient (Wildman–Crippen LogP) is 1.01. The molecule has 0 spiro atoms. The van der Waals surface area contributed by atoms with E-state index in [0.717, 1.165) is 6.42 Å². The number of rotatable bonds is 4. The lowest BCUT2D eigenvalue weighted by atomic mass is 10.2. The maximum absolute atomic E-state index is 12.2. The highest BCUT2D eigenvalue weighted by Crippen LogP contribution is 2.13. The summed E-state index contributed by atoms with van der Waals surface area (Å²) in [6.07, 6.45) is 0.728. The third-order valence-electron chi connectivity index (χ3n) is 2.78. The molecule has 6 nitrogen and oxygen atoms in total. The average Bonchev–Trinajstić information content (AvgIpc) is 2.25. The van der Waals surface area contributed by atoms with Gasteiger partial charge in [0.1, 0.15) is 6.54 Å². The van der Waals surface area contributed by atoms with E-state index in [1.54, 1.807) is 4.90 Å². The molecule has 1 aliphatic heterocycles. The van der Waals surface area contributed by atoms with Crippen molar-refractivity contribution in [3.05, 3.63) is 0 Å². The van der Waals surface area contributed by atoms with Crippen LogP contribution in [0, 0.1) is 0 Å². The molecule has 0 aromatic rings. The number of aliphatic carboxylic acids is 1. The van der Waals surface area contributed by atoms with Gasteiger partial charge in [-0.15, -0.1) is 0 Å². The van der Waals surface area contributed by atoms with Crippen LogP contribution in [0.25, 0.3) is 0 Å². The van der Waals surface area contributed by atoms with E-state index >= 15 is 0 Å². The van der Waals surface area contributed by atoms with Gasteiger partial charge in [-0.05, 0) is 20.3 Å². The summed E-state index contributed by atoms with van der Waals surface area (Å²) >= 11 is 0. The predicted molar refractivity (Wildman–Crippen MR) is 66.5 cm³/mol. The van der Waals surface area contributed by atoms with E-state index < -0.39 is 5.97 Å². The van der Waals surface area contributed by atoms with Crippen LogP contribution in [0.3, 0.4) is 0 Å². The van der Waals surface area contributed by atoms with Gasteiger partial charge >= 0.3 is 12.0 Å². The number of hydrogen-bond donors (Lipinski definition) is 1. The summed E-state index contributed by atoms with van der Waals surface area (Å²) in [4.78, 5) is 26.1. The summed E-state index contributed by atoms with van der Waals surface area (Å²) in [5.41, 5.74) is 0. The Hall–Kier alpha value is -1.30. The first kappa shape index (κ1) is 14.8. The Balaban J connectivity index is 2.66. The van der Waals surface area contributed by atoms with E-state index in [4.69, 9.17) is 9.84 Å². The van der Waals surface area contributed by atoms with Crippen LogP contribution >= 0.6 is 0 Å². The molecule has 6 heteroatoms. The van der Waals surface area contributed by atoms with Crippen molar-refractivity contribution < 1.29 is 19.4 Å². The fourth-order valence-electron chi connectivity index (χ4n) is 2.21. The molecule has 0 aliphatic carbocycles. The molecule has 1 aliphatic rings. The SMILES string of the molecule is CCCN(CC(=O)O)C(=O)N1C[C@@H](C)O[C@@H](C)C1. The van der Waals surface area contributed by atoms with E-state index in [2.05, 4.69) is 0 Å². The van der Waals surface area contributed by atoms with Crippen molar-refractivity contribution in [2.24, 2.45) is 0 Å². The molecule has 1 rings (SSSR count). The molecule has 0 saturated carbocycles. The number of hydrogen-bond acceptors (Lipinski definition) is 3. The van der Waals surface area contributed by atoms with Crippen molar-refractivity contribution in [1.82, 2.24) is 9.80 Å². The first-order valence-corrected chi connectivity index (χ1v) is 6.35. The molecule has 1 N–H and O–H groups in total. The number of ether oxygens (including phenoxy) is 1. The summed E-state index contributed by atoms with van der Waals surface area (Å²) in [6.45, 7) is 7.01. The van der Waals surface area contributed by atoms with Crippen LogP contribution in [0.1, 0.15) is 27.2 Å². The second kappa shape index (κ2) is 6.58. The Labute approximate surface area is 107 Å². The van der Waals surface area contributed by atoms with Crippen molar-refractivity contribution in [1.29, 1.82) is 0 Å². The maximum atomic E-state index is 12.2. The summed E-state index contributed by atoms with van der Waals surface area (Å²) in [5, 5.41) is 8.82. The van der Waals surface area contributed by atoms with Crippen molar-refractivity contribution >= 4 is 12.0 Å². The molecular weight excluding hydrogens is 236 g/mol. The molecule has 0 radical (unpaired) electrons. The molecule has 0 bridgehead atoms. The maximum Gasteiger partial charge on any atom is 0.323 e. The van der Waals surface area contributed by atoms with Crippen LogP contribution in [0.5, 0.6) is 0 Å². The Kier molecular flexibility index (Phi) is 5.40. The number of amides is 2. The summed E-state index contributed by atoms with van der Waals surface area (Å²) in [7, 11) is 0. The summed E-state index contributed by atoms with van der Waals surface area (Å²) in [5.74, 6) is -0.980. The highest BCUT2D eigenvalue weighted by atomic mass is 16.5. The Bertz CT molecular complexity index is 298. The second-order valence-corrected chi connectivity index (χ2v) is 4.76. The largest absolute Gasteiger partial charge is 0.480 e. The quantitative estimate of drug-likeness (QED) is 0.817. The summed E-state index contributed by atoms with van der Waals surface area (Å²) in [6, 6.07) is -0.207. The number of carbonyl (C=O) groups is 2. The fourth-order valence-corrected chi connectivity index (χ4v) is 2.21. The fraction of sp³-hybridized carbons (Fsp3) is 0.833. The molecule has 0 aromatic heterocycles. The molecular formula is C12H22N2O4. The van der Waals surface area contributed by atoms with Crippen molar-refractivity contribution in [2.45, 2.75) is 39.4 Å². The third-order valence-corrected chi connectivity index (χ3v) is 2.78. The minimum atomic E-state index is -0.980. The van der Waals surface area contributed by atoms with Crippen LogP contribution in [0.15, 0.2) is 0 Å². The van der Waals surface area contributed by atoms with Crippen LogP contribution in [-0.4, -0.2) is 65.3 Å². The normalized spacial score (nSPS) is 23.8. The van der Waals surface area contributed by atoms with E-state index in [1.807, 2.05) is 20.8 Å². The number of morpholine rings is 1. The Morgan fingerprint density at radius 3 is 2.33 bits per heavy atom. The van der Waals surface area contributed by atoms with Gasteiger partial charge in [-0.3, -0.25) is 4.79 Å². The van der Waals surface area contributed by atoms with E-state index in [-0.39, 0.29) is 24.8 Å². The molecule has 1 heterocycles. The molecule has 1 fully saturated rings. The number of carboxylic acids is 1. The molecule has 2 amide bonds. The Morgan fingerprint density at radius 2 is 1.89 bits per heavy atom. The van der Waals surface area contributed by atoms with Gasteiger partial charge in [0.25, 0.3) is 0 Å². The minimum absolute atomic E-state index is 0.00833. The minimum Gasteiger partial charge on any atom is -0.480 e. The van der Waals surface area contributed by atoms with Gasteiger partial charge in [-0.25, -0.2) is 4.79 Å². The van der Waals surface area contributed by atoms with Crippen LogP contribution < -0.4 is 0 Å². The number of carbonyl (C=O) groups excluding carboxylic acids is 1. The standard InChI is InChI=1S/C12H22N2O4/c1-4-5-13(8-11(15)16)12(17)14-6-9(2)18-10(3)7-14/h9-10H,4-8H2,1-3H3,(H,15,16)/t9-,10+. The van der Waals surface area contributed by atoms with E-state index in [9.17, 15) is 9.59 Å². The Morgan fingerprint density at radius 1 is 1.33 bits per heavy atom. The molecule has 0 unspecified atom stereocenters. The van der Waals surface area contributed by atoms with Gasteiger partial charge in [0.15, 0.2) is 0 Å². The lowest BCUT2D eigenvalue weighted by Crippen LogP contribution is -2.53. The van der Waals surface area contributed by atoms with Gasteiger partial charge in [0.05, 0.1) is 12.2 Å². The summed E-state index contributed by atoms with van der Waals surface area (Å²) < 4.78 is 5.56. The van der Waals surface area contributed by atoms with Gasteiger partial charge in [0, 0.05) is 19.6 Å². The van der Waals surface area contributed by atoms with Gasteiger partial charge in [-0.2, -0.15) is 0 Å². The highest BCUT2D eigenvalue weighted by molar-refractivity contribution is 5.80. The number of carboxylic acid groups (broad SMARTS) is 1. The van der Waals surface area contributed by atoms with Crippen molar-refractivity contribution in [2.75, 3.05) is 26.2 Å². The first-order chi connectivity index (χ1) is 8.43. The number of urea groups is 1. The van der Waals surface area contributed by atoms with Crippen LogP contribution in [-0.2, 0) is 9.53 Å². The van der Waals surface area contributed by atoms with Gasteiger partial charge < -0.3 is 19.6 Å². The zero-order valence-corrected chi connectivity index (χ0v) is 11.3. The van der Waals surface area contributed by atoms with Gasteiger partial charge in [0.2, 0.25) is 0 Å². The second-order valence-electron chi connectivity index (χ2n) is 4.76. The average molecular weight is 258 g/mol.